The summed E-state index contributed by atoms with van der Waals surface area (Å²) >= 11 is 1.14. The minimum absolute atomic E-state index is 0.121. The molecule has 0 aliphatic heterocycles. The largest absolute Gasteiger partial charge is 0.461 e. The van der Waals surface area contributed by atoms with Gasteiger partial charge in [-0.3, -0.25) is 4.79 Å². The SMILES string of the molecule is CCOC(=O)c1nc(C(=O)NC2CCCC2(C)C)cs1. The number of nitrogens with one attached hydrogen (secondary N) is 1. The van der Waals surface area contributed by atoms with Crippen molar-refractivity contribution < 1.29 is 14.3 Å². The van der Waals surface area contributed by atoms with Crippen LogP contribution in [0.3, 0.4) is 0 Å². The van der Waals surface area contributed by atoms with E-state index >= 15 is 0 Å². The first-order valence-electron chi connectivity index (χ1n) is 6.87. The lowest BCUT2D eigenvalue weighted by Gasteiger charge is -2.27. The molecule has 1 aromatic heterocycles. The number of carbonyl (C=O) groups excluding carboxylic acids is 2. The zero-order valence-electron chi connectivity index (χ0n) is 12.1. The topological polar surface area (TPSA) is 68.3 Å². The minimum Gasteiger partial charge on any atom is -0.461 e. The van der Waals surface area contributed by atoms with Gasteiger partial charge < -0.3 is 10.1 Å². The van der Waals surface area contributed by atoms with Gasteiger partial charge in [-0.2, -0.15) is 0 Å². The van der Waals surface area contributed by atoms with Gasteiger partial charge in [-0.1, -0.05) is 20.3 Å². The quantitative estimate of drug-likeness (QED) is 0.867. The highest BCUT2D eigenvalue weighted by molar-refractivity contribution is 7.11. The fourth-order valence-electron chi connectivity index (χ4n) is 2.49. The Balaban J connectivity index is 2.01. The van der Waals surface area contributed by atoms with E-state index in [-0.39, 0.29) is 22.4 Å². The molecular weight excluding hydrogens is 276 g/mol. The summed E-state index contributed by atoms with van der Waals surface area (Å²) in [5.74, 6) is -0.686. The first-order valence-corrected chi connectivity index (χ1v) is 7.75. The highest BCUT2D eigenvalue weighted by Gasteiger charge is 2.35. The van der Waals surface area contributed by atoms with Gasteiger partial charge in [0.05, 0.1) is 6.61 Å². The number of hydrogen-bond donors (Lipinski definition) is 1. The van der Waals surface area contributed by atoms with Gasteiger partial charge in [-0.25, -0.2) is 9.78 Å². The molecule has 0 spiro atoms. The van der Waals surface area contributed by atoms with Crippen LogP contribution in [0.1, 0.15) is 60.3 Å². The van der Waals surface area contributed by atoms with Gasteiger partial charge in [0, 0.05) is 11.4 Å². The molecule has 5 nitrogen and oxygen atoms in total. The molecule has 6 heteroatoms. The minimum atomic E-state index is -0.474. The molecule has 0 aromatic carbocycles. The fourth-order valence-corrected chi connectivity index (χ4v) is 3.18. The van der Waals surface area contributed by atoms with Crippen molar-refractivity contribution in [1.29, 1.82) is 0 Å². The monoisotopic (exact) mass is 296 g/mol. The lowest BCUT2D eigenvalue weighted by molar-refractivity contribution is 0.0526. The maximum Gasteiger partial charge on any atom is 0.367 e. The summed E-state index contributed by atoms with van der Waals surface area (Å²) in [6.07, 6.45) is 3.24. The van der Waals surface area contributed by atoms with Crippen molar-refractivity contribution in [1.82, 2.24) is 10.3 Å². The molecule has 1 fully saturated rings. The van der Waals surface area contributed by atoms with Gasteiger partial charge >= 0.3 is 5.97 Å². The second-order valence-electron chi connectivity index (χ2n) is 5.67. The second kappa shape index (κ2) is 5.91. The summed E-state index contributed by atoms with van der Waals surface area (Å²) < 4.78 is 4.86. The van der Waals surface area contributed by atoms with E-state index in [1.807, 2.05) is 0 Å². The Kier molecular flexibility index (Phi) is 4.42. The van der Waals surface area contributed by atoms with Crippen molar-refractivity contribution in [3.8, 4) is 0 Å². The van der Waals surface area contributed by atoms with Gasteiger partial charge in [0.25, 0.3) is 5.91 Å². The van der Waals surface area contributed by atoms with Crippen LogP contribution in [-0.4, -0.2) is 29.5 Å². The number of nitrogens with zero attached hydrogens (tertiary/aromatic N) is 1. The third kappa shape index (κ3) is 3.17. The van der Waals surface area contributed by atoms with Gasteiger partial charge in [-0.05, 0) is 25.2 Å². The zero-order chi connectivity index (χ0) is 14.8. The number of thiazole rings is 1. The van der Waals surface area contributed by atoms with Crippen molar-refractivity contribution in [2.45, 2.75) is 46.1 Å². The number of amides is 1. The van der Waals surface area contributed by atoms with Crippen LogP contribution in [-0.2, 0) is 4.74 Å². The van der Waals surface area contributed by atoms with Gasteiger partial charge in [-0.15, -0.1) is 11.3 Å². The van der Waals surface area contributed by atoms with Crippen molar-refractivity contribution >= 4 is 23.2 Å². The van der Waals surface area contributed by atoms with Gasteiger partial charge in [0.2, 0.25) is 5.01 Å². The molecule has 1 saturated carbocycles. The summed E-state index contributed by atoms with van der Waals surface area (Å²) in [5, 5.41) is 4.85. The Hall–Kier alpha value is -1.43. The fraction of sp³-hybridized carbons (Fsp3) is 0.643. The predicted octanol–water partition coefficient (Wildman–Crippen LogP) is 2.63. The number of ether oxygens (including phenoxy) is 1. The second-order valence-corrected chi connectivity index (χ2v) is 6.52. The molecule has 1 aliphatic rings. The molecule has 1 aromatic rings. The molecule has 1 amide bonds. The molecule has 0 radical (unpaired) electrons. The van der Waals surface area contributed by atoms with Crippen LogP contribution in [0.5, 0.6) is 0 Å². The van der Waals surface area contributed by atoms with Gasteiger partial charge in [0.15, 0.2) is 0 Å². The van der Waals surface area contributed by atoms with Crippen LogP contribution in [0.15, 0.2) is 5.38 Å². The van der Waals surface area contributed by atoms with E-state index in [1.165, 1.54) is 0 Å². The van der Waals surface area contributed by atoms with Gasteiger partial charge in [0.1, 0.15) is 5.69 Å². The number of hydrogen-bond acceptors (Lipinski definition) is 5. The van der Waals surface area contributed by atoms with E-state index in [0.29, 0.717) is 12.3 Å². The Morgan fingerprint density at radius 1 is 1.55 bits per heavy atom. The Labute approximate surface area is 122 Å². The molecule has 0 saturated heterocycles. The third-order valence-corrected chi connectivity index (χ3v) is 4.57. The molecule has 1 unspecified atom stereocenters. The van der Waals surface area contributed by atoms with Crippen molar-refractivity contribution in [2.24, 2.45) is 5.41 Å². The summed E-state index contributed by atoms with van der Waals surface area (Å²) in [6.45, 7) is 6.36. The Morgan fingerprint density at radius 3 is 2.90 bits per heavy atom. The molecular formula is C14H20N2O3S. The molecule has 20 heavy (non-hydrogen) atoms. The maximum atomic E-state index is 12.2. The van der Waals surface area contributed by atoms with Crippen LogP contribution in [0.2, 0.25) is 0 Å². The average Bonchev–Trinajstić information content (AvgIpc) is 2.97. The summed E-state index contributed by atoms with van der Waals surface area (Å²) in [4.78, 5) is 27.7. The molecule has 2 rings (SSSR count). The summed E-state index contributed by atoms with van der Waals surface area (Å²) in [7, 11) is 0. The highest BCUT2D eigenvalue weighted by atomic mass is 32.1. The molecule has 1 atom stereocenters. The summed E-state index contributed by atoms with van der Waals surface area (Å²) in [6, 6.07) is 0.169. The standard InChI is InChI=1S/C14H20N2O3S/c1-4-19-13(18)12-15-9(8-20-12)11(17)16-10-6-5-7-14(10,2)3/h8,10H,4-7H2,1-3H3,(H,16,17). The molecule has 1 aliphatic carbocycles. The first kappa shape index (κ1) is 15.0. The average molecular weight is 296 g/mol. The number of carbonyl (C=O) groups is 2. The lowest BCUT2D eigenvalue weighted by Crippen LogP contribution is -2.41. The Bertz CT molecular complexity index is 510. The first-order chi connectivity index (χ1) is 9.44. The predicted molar refractivity (Wildman–Crippen MR) is 77.0 cm³/mol. The van der Waals surface area contributed by atoms with Crippen LogP contribution in [0.25, 0.3) is 0 Å². The van der Waals surface area contributed by atoms with Crippen LogP contribution < -0.4 is 5.32 Å². The van der Waals surface area contributed by atoms with Crippen LogP contribution in [0.4, 0.5) is 0 Å². The van der Waals surface area contributed by atoms with E-state index in [4.69, 9.17) is 4.74 Å². The number of rotatable bonds is 4. The molecule has 1 N–H and O–H groups in total. The third-order valence-electron chi connectivity index (χ3n) is 3.75. The molecule has 1 heterocycles. The van der Waals surface area contributed by atoms with Crippen molar-refractivity contribution in [3.63, 3.8) is 0 Å². The van der Waals surface area contributed by atoms with E-state index in [9.17, 15) is 9.59 Å². The van der Waals surface area contributed by atoms with E-state index in [1.54, 1.807) is 12.3 Å². The number of aromatic nitrogens is 1. The lowest BCUT2D eigenvalue weighted by atomic mass is 9.87. The smallest absolute Gasteiger partial charge is 0.367 e. The normalized spacial score (nSPS) is 20.6. The Morgan fingerprint density at radius 2 is 2.30 bits per heavy atom. The molecule has 110 valence electrons. The zero-order valence-corrected chi connectivity index (χ0v) is 12.9. The molecule has 0 bridgehead atoms. The maximum absolute atomic E-state index is 12.2. The van der Waals surface area contributed by atoms with Crippen molar-refractivity contribution in [3.05, 3.63) is 16.1 Å². The highest BCUT2D eigenvalue weighted by Crippen LogP contribution is 2.37. The van der Waals surface area contributed by atoms with Crippen LogP contribution >= 0.6 is 11.3 Å². The number of esters is 1. The van der Waals surface area contributed by atoms with Crippen molar-refractivity contribution in [2.75, 3.05) is 6.61 Å². The van der Waals surface area contributed by atoms with E-state index in [0.717, 1.165) is 30.6 Å². The van der Waals surface area contributed by atoms with Crippen LogP contribution in [0, 0.1) is 5.41 Å². The van der Waals surface area contributed by atoms with E-state index < -0.39 is 5.97 Å². The summed E-state index contributed by atoms with van der Waals surface area (Å²) in [5.41, 5.74) is 0.413. The van der Waals surface area contributed by atoms with E-state index in [2.05, 4.69) is 24.1 Å².